The van der Waals surface area contributed by atoms with Crippen molar-refractivity contribution in [1.29, 1.82) is 0 Å². The molecular formula is C46H55F2N11O6. The molecule has 4 saturated heterocycles. The molecule has 1 unspecified atom stereocenters. The fourth-order valence-corrected chi connectivity index (χ4v) is 11.8. The third-order valence-corrected chi connectivity index (χ3v) is 15.4. The van der Waals surface area contributed by atoms with Gasteiger partial charge >= 0.3 is 5.69 Å². The molecule has 19 heteroatoms. The molecule has 2 N–H and O–H groups in total. The summed E-state index contributed by atoms with van der Waals surface area (Å²) in [5.74, 6) is -0.0408. The number of halogens is 2. The number of carbonyl (C=O) groups excluding carboxylic acids is 3. The van der Waals surface area contributed by atoms with Gasteiger partial charge in [-0.2, -0.15) is 10.2 Å². The third kappa shape index (κ3) is 7.81. The first-order valence-corrected chi connectivity index (χ1v) is 23.3. The number of hydrogen-bond acceptors (Lipinski definition) is 11. The van der Waals surface area contributed by atoms with Gasteiger partial charge in [0.25, 0.3) is 12.3 Å². The number of hydrogen-bond donors (Lipinski definition) is 2. The Morgan fingerprint density at radius 2 is 1.88 bits per heavy atom. The molecule has 11 rings (SSSR count). The predicted molar refractivity (Wildman–Crippen MR) is 234 cm³/mol. The highest BCUT2D eigenvalue weighted by Crippen LogP contribution is 2.50. The van der Waals surface area contributed by atoms with E-state index in [0.29, 0.717) is 48.6 Å². The number of morpholine rings is 1. The van der Waals surface area contributed by atoms with Crippen molar-refractivity contribution in [3.63, 3.8) is 0 Å². The molecule has 2 saturated carbocycles. The van der Waals surface area contributed by atoms with Crippen LogP contribution < -0.4 is 21.2 Å². The predicted octanol–water partition coefficient (Wildman–Crippen LogP) is 4.96. The highest BCUT2D eigenvalue weighted by molar-refractivity contribution is 6.08. The second-order valence-electron chi connectivity index (χ2n) is 19.4. The number of benzene rings is 1. The molecule has 1 spiro atoms. The average molecular weight is 896 g/mol. The summed E-state index contributed by atoms with van der Waals surface area (Å²) in [5.41, 5.74) is 2.67. The Balaban J connectivity index is 0.639. The number of imide groups is 1. The minimum absolute atomic E-state index is 0.00693. The maximum atomic E-state index is 14.3. The molecule has 4 aromatic heterocycles. The summed E-state index contributed by atoms with van der Waals surface area (Å²) in [7, 11) is 1.73. The summed E-state index contributed by atoms with van der Waals surface area (Å²) in [6, 6.07) is 7.16. The number of rotatable bonds is 12. The second-order valence-corrected chi connectivity index (χ2v) is 19.4. The number of carbonyl (C=O) groups is 3. The average Bonchev–Trinajstić information content (AvgIpc) is 4.14. The van der Waals surface area contributed by atoms with Crippen LogP contribution in [0.5, 0.6) is 0 Å². The summed E-state index contributed by atoms with van der Waals surface area (Å²) >= 11 is 0. The minimum Gasteiger partial charge on any atom is -0.378 e. The van der Waals surface area contributed by atoms with Crippen LogP contribution in [0.4, 0.5) is 20.3 Å². The molecule has 6 aliphatic rings. The number of fused-ring (bicyclic) bond motifs is 4. The fraction of sp³-hybridized carbons (Fsp3) is 0.587. The van der Waals surface area contributed by atoms with Gasteiger partial charge in [0.2, 0.25) is 11.8 Å². The van der Waals surface area contributed by atoms with Gasteiger partial charge in [-0.05, 0) is 113 Å². The molecule has 17 nitrogen and oxygen atoms in total. The van der Waals surface area contributed by atoms with Crippen molar-refractivity contribution in [3.05, 3.63) is 70.2 Å². The first-order valence-electron chi connectivity index (χ1n) is 23.3. The zero-order valence-corrected chi connectivity index (χ0v) is 36.5. The highest BCUT2D eigenvalue weighted by atomic mass is 19.3. The summed E-state index contributed by atoms with van der Waals surface area (Å²) < 4.78 is 47.0. The van der Waals surface area contributed by atoms with Gasteiger partial charge in [-0.3, -0.25) is 33.5 Å². The van der Waals surface area contributed by atoms with E-state index in [9.17, 15) is 28.0 Å². The van der Waals surface area contributed by atoms with Gasteiger partial charge < -0.3 is 24.6 Å². The zero-order valence-electron chi connectivity index (χ0n) is 36.5. The number of nitrogens with one attached hydrogen (secondary N) is 2. The van der Waals surface area contributed by atoms with E-state index in [2.05, 4.69) is 30.6 Å². The van der Waals surface area contributed by atoms with Gasteiger partial charge in [0, 0.05) is 39.0 Å². The third-order valence-electron chi connectivity index (χ3n) is 15.4. The second kappa shape index (κ2) is 16.7. The lowest BCUT2D eigenvalue weighted by molar-refractivity contribution is -0.135. The number of imidazole rings is 1. The molecule has 0 radical (unpaired) electrons. The van der Waals surface area contributed by atoms with Crippen molar-refractivity contribution in [2.75, 3.05) is 49.6 Å². The van der Waals surface area contributed by atoms with Gasteiger partial charge in [0.1, 0.15) is 17.4 Å². The van der Waals surface area contributed by atoms with Crippen molar-refractivity contribution < 1.29 is 32.6 Å². The molecule has 1 aromatic carbocycles. The lowest BCUT2D eigenvalue weighted by atomic mass is 9.61. The monoisotopic (exact) mass is 895 g/mol. The van der Waals surface area contributed by atoms with Crippen LogP contribution in [0.15, 0.2) is 47.7 Å². The molecule has 5 aromatic rings. The van der Waals surface area contributed by atoms with Crippen LogP contribution in [-0.4, -0.2) is 114 Å². The number of aryl methyl sites for hydroxylation is 1. The minimum atomic E-state index is -2.85. The van der Waals surface area contributed by atoms with Crippen LogP contribution in [0.2, 0.25) is 0 Å². The smallest absolute Gasteiger partial charge is 0.329 e. The maximum absolute atomic E-state index is 14.3. The maximum Gasteiger partial charge on any atom is 0.329 e. The first-order chi connectivity index (χ1) is 31.5. The summed E-state index contributed by atoms with van der Waals surface area (Å²) in [4.78, 5) is 60.8. The van der Waals surface area contributed by atoms with Crippen molar-refractivity contribution in [2.24, 2.45) is 18.4 Å². The van der Waals surface area contributed by atoms with Gasteiger partial charge in [-0.1, -0.05) is 12.1 Å². The highest BCUT2D eigenvalue weighted by Gasteiger charge is 2.47. The van der Waals surface area contributed by atoms with Crippen LogP contribution in [0, 0.1) is 11.3 Å². The van der Waals surface area contributed by atoms with Crippen molar-refractivity contribution in [2.45, 2.75) is 114 Å². The van der Waals surface area contributed by atoms with E-state index in [4.69, 9.17) is 14.5 Å². The topological polar surface area (TPSA) is 175 Å². The van der Waals surface area contributed by atoms with Crippen LogP contribution >= 0.6 is 0 Å². The molecule has 344 valence electrons. The normalized spacial score (nSPS) is 25.9. The standard InChI is InChI=1S/C46H55F2N11O6/c1-54-40-28(3-2-4-35(40)59(45(54)63)36-9-10-38(60)52-44(36)62)12-18-64-32-20-46(21-32)13-16-55(17-14-46)23-27-5-7-29(8-6-27)58-25-34(39(53-58)41(47)48)50-43(61)33-22-49-57-15-11-37(51-42(33)57)56-24-31-19-30(56)26-65-31/h2-4,11,15,22,25,27,29-32,36,41H,5-10,12-14,16-21,23-24,26H2,1H3,(H,50,61)(H,52,60,62)/t27?,29?,30-,31-,36?/m1/s1. The van der Waals surface area contributed by atoms with Crippen LogP contribution in [0.1, 0.15) is 111 Å². The van der Waals surface area contributed by atoms with Crippen LogP contribution in [-0.2, 0) is 32.5 Å². The van der Waals surface area contributed by atoms with Crippen molar-refractivity contribution in [3.8, 4) is 0 Å². The summed E-state index contributed by atoms with van der Waals surface area (Å²) in [5, 5.41) is 13.7. The van der Waals surface area contributed by atoms with E-state index in [1.165, 1.54) is 15.3 Å². The van der Waals surface area contributed by atoms with E-state index in [1.54, 1.807) is 28.7 Å². The van der Waals surface area contributed by atoms with E-state index in [1.807, 2.05) is 24.3 Å². The molecule has 3 amide bonds. The SMILES string of the molecule is Cn1c(=O)n(C2CCC(=O)NC2=O)c2cccc(CCOC3CC4(CCN(CC5CCC(n6cc(NC(=O)c7cnn8ccc(N9C[C@H]%10C[C@@H]9CO%10)nc78)c(C(F)F)n6)CC5)CC4)C3)c21. The molecule has 2 bridgehead atoms. The van der Waals surface area contributed by atoms with Gasteiger partial charge in [0.05, 0.1) is 60.4 Å². The van der Waals surface area contributed by atoms with Gasteiger partial charge in [-0.15, -0.1) is 0 Å². The van der Waals surface area contributed by atoms with E-state index >= 15 is 0 Å². The molecule has 6 fully saturated rings. The Morgan fingerprint density at radius 3 is 2.62 bits per heavy atom. The summed E-state index contributed by atoms with van der Waals surface area (Å²) in [6.45, 7) is 5.09. The lowest BCUT2D eigenvalue weighted by Crippen LogP contribution is -2.50. The Bertz CT molecular complexity index is 2700. The van der Waals surface area contributed by atoms with Crippen LogP contribution in [0.3, 0.4) is 0 Å². The summed E-state index contributed by atoms with van der Waals surface area (Å²) in [6.07, 6.45) is 12.4. The number of likely N-dealkylation sites (tertiary alicyclic amines) is 1. The van der Waals surface area contributed by atoms with Crippen molar-refractivity contribution in [1.82, 2.24) is 43.7 Å². The number of aromatic nitrogens is 7. The van der Waals surface area contributed by atoms with Gasteiger partial charge in [-0.25, -0.2) is 23.1 Å². The molecule has 65 heavy (non-hydrogen) atoms. The lowest BCUT2D eigenvalue weighted by Gasteiger charge is -2.52. The van der Waals surface area contributed by atoms with E-state index < -0.39 is 30.0 Å². The number of ether oxygens (including phenoxy) is 2. The zero-order chi connectivity index (χ0) is 44.6. The number of anilines is 2. The number of amides is 3. The Hall–Kier alpha value is -5.53. The Kier molecular flexibility index (Phi) is 10.8. The number of para-hydroxylation sites is 1. The Morgan fingerprint density at radius 1 is 1.06 bits per heavy atom. The molecule has 3 atom stereocenters. The molecule has 2 aliphatic carbocycles. The van der Waals surface area contributed by atoms with E-state index in [-0.39, 0.29) is 53.6 Å². The molecule has 8 heterocycles. The molecular weight excluding hydrogens is 841 g/mol. The largest absolute Gasteiger partial charge is 0.378 e. The number of alkyl halides is 2. The fourth-order valence-electron chi connectivity index (χ4n) is 11.8. The van der Waals surface area contributed by atoms with Gasteiger partial charge in [0.15, 0.2) is 11.3 Å². The number of nitrogens with zero attached hydrogens (tertiary/aromatic N) is 9. The van der Waals surface area contributed by atoms with Crippen LogP contribution in [0.25, 0.3) is 16.7 Å². The number of piperidine rings is 2. The van der Waals surface area contributed by atoms with E-state index in [0.717, 1.165) is 101 Å². The first kappa shape index (κ1) is 42.1. The quantitative estimate of drug-likeness (QED) is 0.162. The Labute approximate surface area is 373 Å². The molecule has 4 aliphatic heterocycles. The van der Waals surface area contributed by atoms with Crippen molar-refractivity contribution >= 4 is 45.9 Å².